The van der Waals surface area contributed by atoms with Crippen molar-refractivity contribution in [3.63, 3.8) is 0 Å². The van der Waals surface area contributed by atoms with Crippen LogP contribution in [0.25, 0.3) is 5.69 Å². The van der Waals surface area contributed by atoms with Gasteiger partial charge in [0.15, 0.2) is 0 Å². The summed E-state index contributed by atoms with van der Waals surface area (Å²) in [5.41, 5.74) is -0.163. The van der Waals surface area contributed by atoms with Gasteiger partial charge in [-0.15, -0.1) is 4.98 Å². The Morgan fingerprint density at radius 2 is 2.16 bits per heavy atom. The molecular formula is C12H12ClN3O3. The third-order valence-electron chi connectivity index (χ3n) is 2.49. The van der Waals surface area contributed by atoms with Gasteiger partial charge < -0.3 is 4.74 Å². The van der Waals surface area contributed by atoms with Crippen molar-refractivity contribution in [2.24, 2.45) is 0 Å². The highest BCUT2D eigenvalue weighted by atomic mass is 35.5. The number of H-pyrrole nitrogens is 1. The lowest BCUT2D eigenvalue weighted by Crippen LogP contribution is -2.36. The molecule has 1 aromatic heterocycles. The number of aryl methyl sites for hydroxylation is 1. The number of nitrogens with zero attached hydrogens (tertiary/aromatic N) is 2. The Labute approximate surface area is 113 Å². The molecule has 6 nitrogen and oxygen atoms in total. The molecule has 0 fully saturated rings. The number of hydrogen-bond acceptors (Lipinski definition) is 4. The average molecular weight is 282 g/mol. The Balaban J connectivity index is 2.63. The zero-order chi connectivity index (χ0) is 14.0. The summed E-state index contributed by atoms with van der Waals surface area (Å²) >= 11 is 5.84. The molecule has 1 aromatic carbocycles. The first-order valence-corrected chi connectivity index (χ1v) is 6.03. The maximum atomic E-state index is 11.9. The van der Waals surface area contributed by atoms with Gasteiger partial charge in [0.05, 0.1) is 12.3 Å². The third kappa shape index (κ3) is 2.68. The number of aromatic amines is 1. The Bertz CT molecular complexity index is 690. The molecule has 0 saturated heterocycles. The molecular weight excluding hydrogens is 270 g/mol. The molecule has 0 bridgehead atoms. The van der Waals surface area contributed by atoms with Crippen molar-refractivity contribution in [2.45, 2.75) is 13.8 Å². The van der Waals surface area contributed by atoms with Crippen LogP contribution in [0.1, 0.15) is 12.5 Å². The van der Waals surface area contributed by atoms with Crippen LogP contribution >= 0.6 is 11.6 Å². The number of rotatable bonds is 3. The van der Waals surface area contributed by atoms with Crippen LogP contribution in [0, 0.1) is 6.92 Å². The van der Waals surface area contributed by atoms with E-state index in [9.17, 15) is 9.59 Å². The molecule has 0 saturated carbocycles. The van der Waals surface area contributed by atoms with Gasteiger partial charge in [-0.25, -0.2) is 14.2 Å². The number of aromatic nitrogens is 3. The Morgan fingerprint density at radius 1 is 1.42 bits per heavy atom. The quantitative estimate of drug-likeness (QED) is 0.919. The van der Waals surface area contributed by atoms with Gasteiger partial charge in [0.1, 0.15) is 0 Å². The van der Waals surface area contributed by atoms with E-state index in [1.165, 1.54) is 0 Å². The van der Waals surface area contributed by atoms with Crippen molar-refractivity contribution in [1.29, 1.82) is 0 Å². The maximum absolute atomic E-state index is 11.9. The van der Waals surface area contributed by atoms with Crippen LogP contribution in [0.3, 0.4) is 0 Å². The molecule has 2 aromatic rings. The number of ether oxygens (including phenoxy) is 1. The van der Waals surface area contributed by atoms with Crippen LogP contribution in [0.15, 0.2) is 27.8 Å². The van der Waals surface area contributed by atoms with E-state index in [4.69, 9.17) is 16.3 Å². The van der Waals surface area contributed by atoms with Crippen molar-refractivity contribution in [1.82, 2.24) is 14.5 Å². The fourth-order valence-corrected chi connectivity index (χ4v) is 1.91. The van der Waals surface area contributed by atoms with Gasteiger partial charge in [-0.05, 0) is 37.6 Å². The molecule has 19 heavy (non-hydrogen) atoms. The fourth-order valence-electron chi connectivity index (χ4n) is 1.69. The minimum absolute atomic E-state index is 0.0830. The van der Waals surface area contributed by atoms with Gasteiger partial charge in [-0.1, -0.05) is 11.6 Å². The molecule has 0 amide bonds. The first kappa shape index (κ1) is 13.4. The van der Waals surface area contributed by atoms with Crippen LogP contribution in [0.2, 0.25) is 5.02 Å². The van der Waals surface area contributed by atoms with Crippen molar-refractivity contribution >= 4 is 11.6 Å². The Kier molecular flexibility index (Phi) is 3.71. The summed E-state index contributed by atoms with van der Waals surface area (Å²) in [6, 6.07) is 4.78. The van der Waals surface area contributed by atoms with Gasteiger partial charge >= 0.3 is 17.4 Å². The number of nitrogens with one attached hydrogen (secondary N) is 1. The van der Waals surface area contributed by atoms with E-state index in [0.29, 0.717) is 22.9 Å². The first-order chi connectivity index (χ1) is 9.02. The van der Waals surface area contributed by atoms with E-state index < -0.39 is 11.4 Å². The Hall–Kier alpha value is -2.08. The monoisotopic (exact) mass is 281 g/mol. The highest BCUT2D eigenvalue weighted by Gasteiger charge is 2.11. The van der Waals surface area contributed by atoms with Gasteiger partial charge in [-0.2, -0.15) is 0 Å². The number of hydrogen-bond donors (Lipinski definition) is 1. The highest BCUT2D eigenvalue weighted by Crippen LogP contribution is 2.16. The summed E-state index contributed by atoms with van der Waals surface area (Å²) in [5.74, 6) is 0. The zero-order valence-electron chi connectivity index (χ0n) is 10.4. The summed E-state index contributed by atoms with van der Waals surface area (Å²) in [6.45, 7) is 3.80. The molecule has 0 aliphatic carbocycles. The summed E-state index contributed by atoms with van der Waals surface area (Å²) in [6.07, 6.45) is 0. The second-order valence-corrected chi connectivity index (χ2v) is 4.27. The van der Waals surface area contributed by atoms with Crippen LogP contribution in [-0.2, 0) is 0 Å². The molecule has 1 heterocycles. The van der Waals surface area contributed by atoms with Gasteiger partial charge in [0.2, 0.25) is 0 Å². The van der Waals surface area contributed by atoms with Crippen LogP contribution in [-0.4, -0.2) is 21.1 Å². The largest absolute Gasteiger partial charge is 0.465 e. The SMILES string of the molecule is CCOc1nc(=O)n(-c2ccc(Cl)cc2C)c(=O)[nH]1. The van der Waals surface area contributed by atoms with Crippen molar-refractivity contribution in [2.75, 3.05) is 6.61 Å². The van der Waals surface area contributed by atoms with Crippen molar-refractivity contribution in [3.05, 3.63) is 49.8 Å². The summed E-state index contributed by atoms with van der Waals surface area (Å²) in [4.78, 5) is 29.9. The maximum Gasteiger partial charge on any atom is 0.360 e. The average Bonchev–Trinajstić information content (AvgIpc) is 2.31. The molecule has 0 atom stereocenters. The van der Waals surface area contributed by atoms with Gasteiger partial charge in [0.25, 0.3) is 0 Å². The Morgan fingerprint density at radius 3 is 2.74 bits per heavy atom. The summed E-state index contributed by atoms with van der Waals surface area (Å²) < 4.78 is 5.95. The van der Waals surface area contributed by atoms with E-state index in [-0.39, 0.29) is 6.01 Å². The minimum Gasteiger partial charge on any atom is -0.465 e. The zero-order valence-corrected chi connectivity index (χ0v) is 11.2. The minimum atomic E-state index is -0.697. The van der Waals surface area contributed by atoms with E-state index in [1.807, 2.05) is 0 Å². The topological polar surface area (TPSA) is 77.0 Å². The number of benzene rings is 1. The van der Waals surface area contributed by atoms with Crippen LogP contribution in [0.4, 0.5) is 0 Å². The standard InChI is InChI=1S/C12H12ClN3O3/c1-3-19-10-14-11(17)16(12(18)15-10)9-5-4-8(13)6-7(9)2/h4-6H,3H2,1-2H3,(H,14,15,17,18). The molecule has 0 aliphatic heterocycles. The molecule has 0 unspecified atom stereocenters. The second-order valence-electron chi connectivity index (χ2n) is 3.83. The summed E-state index contributed by atoms with van der Waals surface area (Å²) in [7, 11) is 0. The van der Waals surface area contributed by atoms with E-state index in [0.717, 1.165) is 4.57 Å². The normalized spacial score (nSPS) is 10.5. The summed E-state index contributed by atoms with van der Waals surface area (Å²) in [5, 5.41) is 0.532. The first-order valence-electron chi connectivity index (χ1n) is 5.65. The molecule has 2 rings (SSSR count). The van der Waals surface area contributed by atoms with E-state index >= 15 is 0 Å². The van der Waals surface area contributed by atoms with Crippen LogP contribution in [0.5, 0.6) is 6.01 Å². The van der Waals surface area contributed by atoms with Crippen molar-refractivity contribution in [3.8, 4) is 11.7 Å². The van der Waals surface area contributed by atoms with E-state index in [2.05, 4.69) is 9.97 Å². The van der Waals surface area contributed by atoms with Gasteiger partial charge in [-0.3, -0.25) is 4.98 Å². The van der Waals surface area contributed by atoms with Crippen LogP contribution < -0.4 is 16.1 Å². The predicted octanol–water partition coefficient (Wildman–Crippen LogP) is 1.28. The lowest BCUT2D eigenvalue weighted by Gasteiger charge is -2.08. The van der Waals surface area contributed by atoms with Crippen molar-refractivity contribution < 1.29 is 4.74 Å². The molecule has 7 heteroatoms. The third-order valence-corrected chi connectivity index (χ3v) is 2.72. The smallest absolute Gasteiger partial charge is 0.360 e. The second kappa shape index (κ2) is 5.27. The van der Waals surface area contributed by atoms with Gasteiger partial charge in [0, 0.05) is 5.02 Å². The number of halogens is 1. The molecule has 0 spiro atoms. The molecule has 0 aliphatic rings. The molecule has 100 valence electrons. The fraction of sp³-hybridized carbons (Fsp3) is 0.250. The lowest BCUT2D eigenvalue weighted by atomic mass is 10.2. The predicted molar refractivity (Wildman–Crippen MR) is 71.4 cm³/mol. The van der Waals surface area contributed by atoms with E-state index in [1.54, 1.807) is 32.0 Å². The molecule has 0 radical (unpaired) electrons. The molecule has 1 N–H and O–H groups in total. The lowest BCUT2D eigenvalue weighted by molar-refractivity contribution is 0.307. The highest BCUT2D eigenvalue weighted by molar-refractivity contribution is 6.30.